The van der Waals surface area contributed by atoms with Gasteiger partial charge in [0.15, 0.2) is 5.82 Å². The van der Waals surface area contributed by atoms with Gasteiger partial charge in [-0.1, -0.05) is 13.3 Å². The minimum Gasteiger partial charge on any atom is -0.346 e. The second-order valence-electron chi connectivity index (χ2n) is 6.37. The third kappa shape index (κ3) is 2.95. The molecule has 0 spiro atoms. The van der Waals surface area contributed by atoms with Crippen LogP contribution in [0.25, 0.3) is 0 Å². The molecule has 2 aliphatic rings. The van der Waals surface area contributed by atoms with Crippen LogP contribution in [0.3, 0.4) is 0 Å². The van der Waals surface area contributed by atoms with E-state index in [2.05, 4.69) is 25.4 Å². The second-order valence-corrected chi connectivity index (χ2v) is 6.37. The highest BCUT2D eigenvalue weighted by Gasteiger charge is 2.30. The Kier molecular flexibility index (Phi) is 4.24. The number of aryl methyl sites for hydroxylation is 1. The van der Waals surface area contributed by atoms with E-state index in [4.69, 9.17) is 0 Å². The molecule has 1 saturated heterocycles. The molecule has 0 bridgehead atoms. The Morgan fingerprint density at radius 1 is 1.29 bits per heavy atom. The lowest BCUT2D eigenvalue weighted by atomic mass is 9.88. The molecule has 3 rings (SSSR count). The normalized spacial score (nSPS) is 21.8. The summed E-state index contributed by atoms with van der Waals surface area (Å²) in [6, 6.07) is -0.0765. The molecule has 116 valence electrons. The molecular weight excluding hydrogens is 266 g/mol. The van der Waals surface area contributed by atoms with Gasteiger partial charge in [0.05, 0.1) is 6.04 Å². The lowest BCUT2D eigenvalue weighted by molar-refractivity contribution is -0.127. The molecule has 1 aromatic heterocycles. The molecule has 0 radical (unpaired) electrons. The molecule has 2 N–H and O–H groups in total. The highest BCUT2D eigenvalue weighted by atomic mass is 16.2. The predicted octanol–water partition coefficient (Wildman–Crippen LogP) is 1.04. The summed E-state index contributed by atoms with van der Waals surface area (Å²) in [4.78, 5) is 12.3. The van der Waals surface area contributed by atoms with Crippen molar-refractivity contribution in [3.05, 3.63) is 11.6 Å². The van der Waals surface area contributed by atoms with Crippen molar-refractivity contribution in [1.82, 2.24) is 25.4 Å². The molecule has 2 aliphatic heterocycles. The van der Waals surface area contributed by atoms with E-state index in [9.17, 15) is 4.79 Å². The molecule has 21 heavy (non-hydrogen) atoms. The SMILES string of the molecule is CC(NC(=O)C(C)C1CNC1)c1nnc2n1CCCCC2. The van der Waals surface area contributed by atoms with Gasteiger partial charge in [-0.2, -0.15) is 0 Å². The molecule has 1 amide bonds. The lowest BCUT2D eigenvalue weighted by Gasteiger charge is -2.32. The molecule has 1 aromatic rings. The second kappa shape index (κ2) is 6.13. The van der Waals surface area contributed by atoms with E-state index in [1.807, 2.05) is 13.8 Å². The first kappa shape index (κ1) is 14.5. The number of nitrogens with zero attached hydrogens (tertiary/aromatic N) is 3. The predicted molar refractivity (Wildman–Crippen MR) is 79.7 cm³/mol. The molecule has 2 atom stereocenters. The van der Waals surface area contributed by atoms with Crippen molar-refractivity contribution < 1.29 is 4.79 Å². The summed E-state index contributed by atoms with van der Waals surface area (Å²) >= 11 is 0. The van der Waals surface area contributed by atoms with Gasteiger partial charge in [-0.05, 0) is 38.8 Å². The summed E-state index contributed by atoms with van der Waals surface area (Å²) in [5.74, 6) is 2.62. The van der Waals surface area contributed by atoms with Gasteiger partial charge in [-0.25, -0.2) is 0 Å². The van der Waals surface area contributed by atoms with Gasteiger partial charge in [0.2, 0.25) is 5.91 Å². The molecule has 2 unspecified atom stereocenters. The molecule has 0 saturated carbocycles. The number of carbonyl (C=O) groups excluding carboxylic acids is 1. The summed E-state index contributed by atoms with van der Waals surface area (Å²) in [6.07, 6.45) is 4.60. The van der Waals surface area contributed by atoms with Crippen LogP contribution in [0.2, 0.25) is 0 Å². The smallest absolute Gasteiger partial charge is 0.223 e. The third-order valence-electron chi connectivity index (χ3n) is 4.82. The summed E-state index contributed by atoms with van der Waals surface area (Å²) in [5.41, 5.74) is 0. The zero-order valence-corrected chi connectivity index (χ0v) is 12.9. The summed E-state index contributed by atoms with van der Waals surface area (Å²) in [5, 5.41) is 15.0. The summed E-state index contributed by atoms with van der Waals surface area (Å²) in [6.45, 7) is 6.89. The Morgan fingerprint density at radius 2 is 2.10 bits per heavy atom. The lowest BCUT2D eigenvalue weighted by Crippen LogP contribution is -2.50. The Hall–Kier alpha value is -1.43. The van der Waals surface area contributed by atoms with Gasteiger partial charge in [-0.15, -0.1) is 10.2 Å². The number of amides is 1. The standard InChI is InChI=1S/C15H25N5O/c1-10(12-8-16-9-12)15(21)17-11(2)14-19-18-13-6-4-3-5-7-20(13)14/h10-12,16H,3-9H2,1-2H3,(H,17,21). The minimum absolute atomic E-state index is 0.0558. The van der Waals surface area contributed by atoms with Gasteiger partial charge >= 0.3 is 0 Å². The van der Waals surface area contributed by atoms with E-state index in [0.717, 1.165) is 37.7 Å². The van der Waals surface area contributed by atoms with E-state index < -0.39 is 0 Å². The fraction of sp³-hybridized carbons (Fsp3) is 0.800. The fourth-order valence-electron chi connectivity index (χ4n) is 3.12. The van der Waals surface area contributed by atoms with E-state index >= 15 is 0 Å². The first-order valence-electron chi connectivity index (χ1n) is 8.10. The van der Waals surface area contributed by atoms with Crippen LogP contribution in [0, 0.1) is 11.8 Å². The maximum absolute atomic E-state index is 12.3. The maximum Gasteiger partial charge on any atom is 0.223 e. The van der Waals surface area contributed by atoms with Crippen LogP contribution < -0.4 is 10.6 Å². The zero-order chi connectivity index (χ0) is 14.8. The fourth-order valence-corrected chi connectivity index (χ4v) is 3.12. The van der Waals surface area contributed by atoms with E-state index in [0.29, 0.717) is 5.92 Å². The summed E-state index contributed by atoms with van der Waals surface area (Å²) < 4.78 is 2.20. The quantitative estimate of drug-likeness (QED) is 0.869. The van der Waals surface area contributed by atoms with Crippen molar-refractivity contribution in [1.29, 1.82) is 0 Å². The van der Waals surface area contributed by atoms with Crippen molar-refractivity contribution in [2.75, 3.05) is 13.1 Å². The van der Waals surface area contributed by atoms with Gasteiger partial charge in [-0.3, -0.25) is 4.79 Å². The number of aromatic nitrogens is 3. The van der Waals surface area contributed by atoms with Crippen LogP contribution in [0.1, 0.15) is 50.8 Å². The Morgan fingerprint density at radius 3 is 2.81 bits per heavy atom. The molecule has 6 heteroatoms. The average Bonchev–Trinajstić information content (AvgIpc) is 2.66. The van der Waals surface area contributed by atoms with Gasteiger partial charge < -0.3 is 15.2 Å². The number of hydrogen-bond acceptors (Lipinski definition) is 4. The van der Waals surface area contributed by atoms with E-state index in [1.165, 1.54) is 19.3 Å². The zero-order valence-electron chi connectivity index (χ0n) is 12.9. The highest BCUT2D eigenvalue weighted by molar-refractivity contribution is 5.79. The monoisotopic (exact) mass is 291 g/mol. The summed E-state index contributed by atoms with van der Waals surface area (Å²) in [7, 11) is 0. The minimum atomic E-state index is -0.0765. The van der Waals surface area contributed by atoms with Crippen LogP contribution >= 0.6 is 0 Å². The topological polar surface area (TPSA) is 71.8 Å². The number of hydrogen-bond donors (Lipinski definition) is 2. The number of fused-ring (bicyclic) bond motifs is 1. The van der Waals surface area contributed by atoms with E-state index in [-0.39, 0.29) is 17.9 Å². The highest BCUT2D eigenvalue weighted by Crippen LogP contribution is 2.20. The van der Waals surface area contributed by atoms with Crippen LogP contribution in [-0.4, -0.2) is 33.8 Å². The van der Waals surface area contributed by atoms with Crippen LogP contribution in [0.4, 0.5) is 0 Å². The van der Waals surface area contributed by atoms with Crippen LogP contribution in [-0.2, 0) is 17.8 Å². The van der Waals surface area contributed by atoms with Gasteiger partial charge in [0, 0.05) is 18.9 Å². The Labute approximate surface area is 125 Å². The molecule has 1 fully saturated rings. The number of carbonyl (C=O) groups is 1. The average molecular weight is 291 g/mol. The van der Waals surface area contributed by atoms with E-state index in [1.54, 1.807) is 0 Å². The third-order valence-corrected chi connectivity index (χ3v) is 4.82. The van der Waals surface area contributed by atoms with Crippen LogP contribution in [0.5, 0.6) is 0 Å². The van der Waals surface area contributed by atoms with Crippen molar-refractivity contribution in [3.8, 4) is 0 Å². The first-order chi connectivity index (χ1) is 10.2. The van der Waals surface area contributed by atoms with Gasteiger partial charge in [0.1, 0.15) is 5.82 Å². The van der Waals surface area contributed by atoms with Crippen LogP contribution in [0.15, 0.2) is 0 Å². The Bertz CT molecular complexity index is 508. The largest absolute Gasteiger partial charge is 0.346 e. The van der Waals surface area contributed by atoms with Crippen molar-refractivity contribution in [2.45, 2.75) is 52.1 Å². The van der Waals surface area contributed by atoms with Crippen molar-refractivity contribution in [3.63, 3.8) is 0 Å². The molecule has 0 aromatic carbocycles. The van der Waals surface area contributed by atoms with Crippen molar-refractivity contribution in [2.24, 2.45) is 11.8 Å². The van der Waals surface area contributed by atoms with Crippen molar-refractivity contribution >= 4 is 5.91 Å². The first-order valence-corrected chi connectivity index (χ1v) is 8.10. The molecular formula is C15H25N5O. The number of rotatable bonds is 4. The number of nitrogens with one attached hydrogen (secondary N) is 2. The maximum atomic E-state index is 12.3. The molecule has 3 heterocycles. The van der Waals surface area contributed by atoms with Gasteiger partial charge in [0.25, 0.3) is 0 Å². The molecule has 6 nitrogen and oxygen atoms in total. The Balaban J connectivity index is 1.66. The molecule has 0 aliphatic carbocycles.